The summed E-state index contributed by atoms with van der Waals surface area (Å²) in [5, 5.41) is -3.35. The van der Waals surface area contributed by atoms with Crippen LogP contribution in [0.5, 0.6) is 0 Å². The first kappa shape index (κ1) is 9.26. The second-order valence-electron chi connectivity index (χ2n) is 1.39. The van der Waals surface area contributed by atoms with Gasteiger partial charge in [-0.05, 0) is 11.6 Å². The number of alkyl halides is 3. The van der Waals surface area contributed by atoms with Crippen LogP contribution in [0, 0.1) is 0 Å². The minimum absolute atomic E-state index is 0.490. The summed E-state index contributed by atoms with van der Waals surface area (Å²) in [7, 11) is 0. The normalized spacial score (nSPS) is 15.6. The zero-order valence-electron chi connectivity index (χ0n) is 4.31. The van der Waals surface area contributed by atoms with Crippen LogP contribution in [0.4, 0.5) is 8.78 Å². The van der Waals surface area contributed by atoms with E-state index in [0.717, 1.165) is 0 Å². The van der Waals surface area contributed by atoms with Crippen molar-refractivity contribution >= 4 is 22.7 Å². The monoisotopic (exact) mass is 178 g/mol. The molecule has 0 rings (SSSR count). The van der Waals surface area contributed by atoms with Crippen LogP contribution in [-0.4, -0.2) is 19.9 Å². The first-order chi connectivity index (χ1) is 3.92. The van der Waals surface area contributed by atoms with Gasteiger partial charge in [-0.3, -0.25) is 0 Å². The lowest BCUT2D eigenvalue weighted by Gasteiger charge is -2.03. The molecule has 9 heavy (non-hydrogen) atoms. The zero-order valence-corrected chi connectivity index (χ0v) is 5.88. The van der Waals surface area contributed by atoms with Gasteiger partial charge in [0, 0.05) is 6.42 Å². The molecule has 0 bridgehead atoms. The lowest BCUT2D eigenvalue weighted by molar-refractivity contribution is 0.0928. The van der Waals surface area contributed by atoms with Gasteiger partial charge in [0.2, 0.25) is 0 Å². The van der Waals surface area contributed by atoms with Crippen LogP contribution in [-0.2, 0) is 11.1 Å². The second kappa shape index (κ2) is 3.43. The molecule has 0 aromatic rings. The van der Waals surface area contributed by atoms with Gasteiger partial charge in [0.25, 0.3) is 0 Å². The molecule has 0 aliphatic carbocycles. The van der Waals surface area contributed by atoms with Crippen LogP contribution in [0.25, 0.3) is 0 Å². The summed E-state index contributed by atoms with van der Waals surface area (Å²) in [6, 6.07) is 0. The Morgan fingerprint density at radius 1 is 1.67 bits per heavy atom. The van der Waals surface area contributed by atoms with Crippen LogP contribution >= 0.6 is 11.6 Å². The van der Waals surface area contributed by atoms with Gasteiger partial charge in [0.15, 0.2) is 11.1 Å². The number of hydrogen-bond acceptors (Lipinski definition) is 1. The summed E-state index contributed by atoms with van der Waals surface area (Å²) in [5.41, 5.74) is 0. The summed E-state index contributed by atoms with van der Waals surface area (Å²) in [5.74, 6) is -0.490. The van der Waals surface area contributed by atoms with Gasteiger partial charge in [0.05, 0.1) is 5.75 Å². The molecule has 0 aromatic carbocycles. The summed E-state index contributed by atoms with van der Waals surface area (Å²) in [4.78, 5) is 0. The molecule has 0 fully saturated rings. The quantitative estimate of drug-likeness (QED) is 0.525. The minimum atomic E-state index is -3.35. The van der Waals surface area contributed by atoms with Crippen LogP contribution in [0.1, 0.15) is 6.42 Å². The van der Waals surface area contributed by atoms with Crippen molar-refractivity contribution in [1.29, 1.82) is 0 Å². The number of rotatable bonds is 3. The summed E-state index contributed by atoms with van der Waals surface area (Å²) in [6.07, 6.45) is -0.766. The molecule has 0 aliphatic heterocycles. The molecule has 1 N–H and O–H groups in total. The van der Waals surface area contributed by atoms with Gasteiger partial charge in [-0.2, -0.15) is 8.78 Å². The van der Waals surface area contributed by atoms with Crippen molar-refractivity contribution in [2.75, 3.05) is 5.75 Å². The van der Waals surface area contributed by atoms with E-state index in [-0.39, 0.29) is 0 Å². The van der Waals surface area contributed by atoms with Crippen molar-refractivity contribution in [3.63, 3.8) is 0 Å². The molecular weight excluding hydrogens is 174 g/mol. The van der Waals surface area contributed by atoms with E-state index in [9.17, 15) is 13.0 Å². The van der Waals surface area contributed by atoms with Crippen molar-refractivity contribution in [2.45, 2.75) is 11.8 Å². The zero-order chi connectivity index (χ0) is 7.49. The highest BCUT2D eigenvalue weighted by Gasteiger charge is 2.24. The Hall–Kier alpha value is 0.260. The van der Waals surface area contributed by atoms with E-state index in [2.05, 4.69) is 11.6 Å². The van der Waals surface area contributed by atoms with Gasteiger partial charge >= 0.3 is 5.38 Å². The Morgan fingerprint density at radius 3 is 2.22 bits per heavy atom. The highest BCUT2D eigenvalue weighted by Crippen LogP contribution is 2.22. The average molecular weight is 179 g/mol. The van der Waals surface area contributed by atoms with Crippen LogP contribution in [0.2, 0.25) is 0 Å². The van der Waals surface area contributed by atoms with Crippen molar-refractivity contribution in [1.82, 2.24) is 0 Å². The molecule has 2 nitrogen and oxygen atoms in total. The molecular formula is C3H5ClF2O2S. The summed E-state index contributed by atoms with van der Waals surface area (Å²) < 4.78 is 41.0. The third kappa shape index (κ3) is 8.26. The fraction of sp³-hybridized carbons (Fsp3) is 1.00. The third-order valence-corrected chi connectivity index (χ3v) is 1.30. The molecule has 0 radical (unpaired) electrons. The standard InChI is InChI=1S/C3H5ClF2O2S/c4-3(5,6)1-2-9(7)8/h1-2H2,(H,7,8). The van der Waals surface area contributed by atoms with Gasteiger partial charge in [-0.25, -0.2) is 4.21 Å². The molecule has 6 heteroatoms. The van der Waals surface area contributed by atoms with Crippen LogP contribution in [0.15, 0.2) is 0 Å². The van der Waals surface area contributed by atoms with E-state index in [1.54, 1.807) is 0 Å². The van der Waals surface area contributed by atoms with Crippen molar-refractivity contribution in [3.05, 3.63) is 0 Å². The van der Waals surface area contributed by atoms with Gasteiger partial charge in [-0.1, -0.05) is 0 Å². The Bertz CT molecular complexity index is 113. The fourth-order valence-electron chi connectivity index (χ4n) is 0.203. The molecule has 0 spiro atoms. The SMILES string of the molecule is O=S(O)CCC(F)(F)Cl. The Morgan fingerprint density at radius 2 is 2.11 bits per heavy atom. The smallest absolute Gasteiger partial charge is 0.306 e. The van der Waals surface area contributed by atoms with E-state index < -0.39 is 28.6 Å². The third-order valence-electron chi connectivity index (χ3n) is 0.560. The fourth-order valence-corrected chi connectivity index (χ4v) is 0.841. The summed E-state index contributed by atoms with van der Waals surface area (Å²) >= 11 is 2.22. The molecule has 0 heterocycles. The van der Waals surface area contributed by atoms with Gasteiger partial charge < -0.3 is 4.55 Å². The predicted octanol–water partition coefficient (Wildman–Crippen LogP) is 1.43. The van der Waals surface area contributed by atoms with Crippen LogP contribution in [0.3, 0.4) is 0 Å². The first-order valence-electron chi connectivity index (χ1n) is 2.06. The van der Waals surface area contributed by atoms with Crippen LogP contribution < -0.4 is 0 Å². The van der Waals surface area contributed by atoms with E-state index >= 15 is 0 Å². The number of hydrogen-bond donors (Lipinski definition) is 1. The maximum absolute atomic E-state index is 11.6. The first-order valence-corrected chi connectivity index (χ1v) is 3.71. The largest absolute Gasteiger partial charge is 0.322 e. The predicted molar refractivity (Wildman–Crippen MR) is 31.1 cm³/mol. The maximum atomic E-state index is 11.6. The molecule has 1 atom stereocenters. The van der Waals surface area contributed by atoms with E-state index in [1.165, 1.54) is 0 Å². The highest BCUT2D eigenvalue weighted by atomic mass is 35.5. The average Bonchev–Trinajstić information content (AvgIpc) is 1.59. The van der Waals surface area contributed by atoms with Crippen molar-refractivity contribution in [2.24, 2.45) is 0 Å². The topological polar surface area (TPSA) is 37.3 Å². The molecule has 0 saturated heterocycles. The second-order valence-corrected chi connectivity index (χ2v) is 2.99. The maximum Gasteiger partial charge on any atom is 0.322 e. The molecule has 0 aromatic heterocycles. The Kier molecular flexibility index (Phi) is 3.53. The van der Waals surface area contributed by atoms with E-state index in [4.69, 9.17) is 4.55 Å². The lowest BCUT2D eigenvalue weighted by Crippen LogP contribution is -2.10. The van der Waals surface area contributed by atoms with Crippen molar-refractivity contribution in [3.8, 4) is 0 Å². The Balaban J connectivity index is 3.39. The lowest BCUT2D eigenvalue weighted by atomic mass is 10.5. The minimum Gasteiger partial charge on any atom is -0.306 e. The van der Waals surface area contributed by atoms with E-state index in [0.29, 0.717) is 0 Å². The van der Waals surface area contributed by atoms with E-state index in [1.807, 2.05) is 0 Å². The van der Waals surface area contributed by atoms with Crippen molar-refractivity contribution < 1.29 is 17.5 Å². The Labute approximate surface area is 58.5 Å². The van der Waals surface area contributed by atoms with Gasteiger partial charge in [-0.15, -0.1) is 0 Å². The molecule has 56 valence electrons. The summed E-state index contributed by atoms with van der Waals surface area (Å²) in [6.45, 7) is 0. The molecule has 1 unspecified atom stereocenters. The molecule has 0 aliphatic rings. The molecule has 0 amide bonds. The molecule has 0 saturated carbocycles. The number of halogens is 3. The van der Waals surface area contributed by atoms with Gasteiger partial charge in [0.1, 0.15) is 0 Å². The highest BCUT2D eigenvalue weighted by molar-refractivity contribution is 7.79.